The van der Waals surface area contributed by atoms with E-state index in [1.54, 1.807) is 13.0 Å². The largest absolute Gasteiger partial charge is 0.497 e. The standard InChI is InChI=1S/C12H10FNO3/c1-7-14-11(12(15)17-7)5-8-3-4-9(16-2)6-10(8)13/h3-6H,1-2H3/b11-5+. The molecule has 17 heavy (non-hydrogen) atoms. The van der Waals surface area contributed by atoms with Gasteiger partial charge in [-0.05, 0) is 18.2 Å². The molecular formula is C12H10FNO3. The second kappa shape index (κ2) is 4.37. The maximum absolute atomic E-state index is 13.6. The molecule has 0 radical (unpaired) electrons. The second-order valence-electron chi connectivity index (χ2n) is 3.44. The van der Waals surface area contributed by atoms with E-state index in [2.05, 4.69) is 4.99 Å². The number of carbonyl (C=O) groups is 1. The Morgan fingerprint density at radius 3 is 2.76 bits per heavy atom. The molecule has 4 nitrogen and oxygen atoms in total. The van der Waals surface area contributed by atoms with Crippen molar-refractivity contribution in [2.45, 2.75) is 6.92 Å². The highest BCUT2D eigenvalue weighted by atomic mass is 19.1. The summed E-state index contributed by atoms with van der Waals surface area (Å²) in [7, 11) is 1.45. The van der Waals surface area contributed by atoms with Crippen molar-refractivity contribution in [3.63, 3.8) is 0 Å². The Bertz CT molecular complexity index is 535. The molecule has 5 heteroatoms. The van der Waals surface area contributed by atoms with Gasteiger partial charge in [0.25, 0.3) is 0 Å². The van der Waals surface area contributed by atoms with Crippen molar-refractivity contribution in [2.75, 3.05) is 7.11 Å². The zero-order valence-corrected chi connectivity index (χ0v) is 9.36. The van der Waals surface area contributed by atoms with Gasteiger partial charge in [-0.2, -0.15) is 0 Å². The molecule has 0 aliphatic carbocycles. The summed E-state index contributed by atoms with van der Waals surface area (Å²) in [5.41, 5.74) is 0.350. The molecule has 0 saturated carbocycles. The van der Waals surface area contributed by atoms with Crippen molar-refractivity contribution < 1.29 is 18.7 Å². The quantitative estimate of drug-likeness (QED) is 0.583. The van der Waals surface area contributed by atoms with Gasteiger partial charge in [-0.1, -0.05) is 0 Å². The van der Waals surface area contributed by atoms with E-state index in [9.17, 15) is 9.18 Å². The molecule has 1 aliphatic rings. The Kier molecular flexibility index (Phi) is 2.91. The van der Waals surface area contributed by atoms with Gasteiger partial charge in [0.2, 0.25) is 0 Å². The molecule has 0 atom stereocenters. The number of nitrogens with zero attached hydrogens (tertiary/aromatic N) is 1. The fraction of sp³-hybridized carbons (Fsp3) is 0.167. The molecule has 0 N–H and O–H groups in total. The molecule has 1 heterocycles. The highest BCUT2D eigenvalue weighted by Crippen LogP contribution is 2.21. The Balaban J connectivity index is 2.36. The van der Waals surface area contributed by atoms with Crippen LogP contribution < -0.4 is 4.74 Å². The highest BCUT2D eigenvalue weighted by molar-refractivity contribution is 6.06. The summed E-state index contributed by atoms with van der Waals surface area (Å²) >= 11 is 0. The van der Waals surface area contributed by atoms with E-state index < -0.39 is 11.8 Å². The average molecular weight is 235 g/mol. The van der Waals surface area contributed by atoms with Crippen molar-refractivity contribution >= 4 is 17.9 Å². The lowest BCUT2D eigenvalue weighted by Gasteiger charge is -2.01. The molecule has 0 bridgehead atoms. The number of halogens is 1. The molecule has 0 spiro atoms. The predicted molar refractivity (Wildman–Crippen MR) is 60.1 cm³/mol. The van der Waals surface area contributed by atoms with E-state index in [0.717, 1.165) is 0 Å². The van der Waals surface area contributed by atoms with Crippen LogP contribution in [0, 0.1) is 5.82 Å². The van der Waals surface area contributed by atoms with Crippen molar-refractivity contribution in [1.29, 1.82) is 0 Å². The van der Waals surface area contributed by atoms with Gasteiger partial charge in [-0.3, -0.25) is 0 Å². The van der Waals surface area contributed by atoms with Gasteiger partial charge in [-0.25, -0.2) is 14.2 Å². The summed E-state index contributed by atoms with van der Waals surface area (Å²) in [5, 5.41) is 0. The van der Waals surface area contributed by atoms with Crippen LogP contribution in [-0.4, -0.2) is 19.0 Å². The zero-order valence-electron chi connectivity index (χ0n) is 9.36. The van der Waals surface area contributed by atoms with Crippen molar-refractivity contribution in [2.24, 2.45) is 4.99 Å². The molecule has 88 valence electrons. The first-order valence-corrected chi connectivity index (χ1v) is 4.93. The van der Waals surface area contributed by atoms with Gasteiger partial charge in [0.15, 0.2) is 11.6 Å². The number of esters is 1. The van der Waals surface area contributed by atoms with Crippen LogP contribution in [0.15, 0.2) is 28.9 Å². The van der Waals surface area contributed by atoms with Crippen LogP contribution in [0.4, 0.5) is 4.39 Å². The van der Waals surface area contributed by atoms with Crippen LogP contribution in [0.1, 0.15) is 12.5 Å². The third kappa shape index (κ3) is 2.33. The lowest BCUT2D eigenvalue weighted by Crippen LogP contribution is -2.00. The first-order valence-electron chi connectivity index (χ1n) is 4.93. The minimum absolute atomic E-state index is 0.0894. The molecular weight excluding hydrogens is 225 g/mol. The van der Waals surface area contributed by atoms with Crippen LogP contribution in [0.25, 0.3) is 6.08 Å². The minimum Gasteiger partial charge on any atom is -0.497 e. The van der Waals surface area contributed by atoms with E-state index in [0.29, 0.717) is 5.75 Å². The van der Waals surface area contributed by atoms with E-state index in [4.69, 9.17) is 9.47 Å². The lowest BCUT2D eigenvalue weighted by molar-refractivity contribution is -0.130. The number of rotatable bonds is 2. The molecule has 1 aromatic rings. The Labute approximate surface area is 97.4 Å². The lowest BCUT2D eigenvalue weighted by atomic mass is 10.1. The van der Waals surface area contributed by atoms with E-state index in [1.807, 2.05) is 0 Å². The topological polar surface area (TPSA) is 47.9 Å². The van der Waals surface area contributed by atoms with Gasteiger partial charge in [0.05, 0.1) is 7.11 Å². The van der Waals surface area contributed by atoms with E-state index >= 15 is 0 Å². The molecule has 0 unspecified atom stereocenters. The van der Waals surface area contributed by atoms with Crippen LogP contribution in [0.2, 0.25) is 0 Å². The van der Waals surface area contributed by atoms with Gasteiger partial charge >= 0.3 is 5.97 Å². The summed E-state index contributed by atoms with van der Waals surface area (Å²) in [6.45, 7) is 1.56. The minimum atomic E-state index is -0.572. The fourth-order valence-electron chi connectivity index (χ4n) is 1.41. The monoisotopic (exact) mass is 235 g/mol. The van der Waals surface area contributed by atoms with Crippen molar-refractivity contribution in [3.05, 3.63) is 35.3 Å². The normalized spacial score (nSPS) is 17.0. The summed E-state index contributed by atoms with van der Waals surface area (Å²) in [6.07, 6.45) is 1.34. The number of ether oxygens (including phenoxy) is 2. The van der Waals surface area contributed by atoms with Crippen LogP contribution in [0.5, 0.6) is 5.75 Å². The van der Waals surface area contributed by atoms with Crippen LogP contribution in [-0.2, 0) is 9.53 Å². The Morgan fingerprint density at radius 2 is 2.24 bits per heavy atom. The molecule has 1 aromatic carbocycles. The molecule has 0 fully saturated rings. The predicted octanol–water partition coefficient (Wildman–Crippen LogP) is 2.15. The Morgan fingerprint density at radius 1 is 1.47 bits per heavy atom. The SMILES string of the molecule is COc1ccc(/C=C2/N=C(C)OC2=O)c(F)c1. The van der Waals surface area contributed by atoms with Crippen LogP contribution in [0.3, 0.4) is 0 Å². The van der Waals surface area contributed by atoms with Gasteiger partial charge < -0.3 is 9.47 Å². The maximum atomic E-state index is 13.6. The number of methoxy groups -OCH3 is 1. The third-order valence-electron chi connectivity index (χ3n) is 2.23. The van der Waals surface area contributed by atoms with Gasteiger partial charge in [0, 0.05) is 18.6 Å². The highest BCUT2D eigenvalue weighted by Gasteiger charge is 2.20. The number of carbonyl (C=O) groups excluding carboxylic acids is 1. The van der Waals surface area contributed by atoms with Crippen molar-refractivity contribution in [1.82, 2.24) is 0 Å². The number of hydrogen-bond acceptors (Lipinski definition) is 4. The number of aliphatic imine (C=N–C) groups is 1. The van der Waals surface area contributed by atoms with E-state index in [-0.39, 0.29) is 17.2 Å². The van der Waals surface area contributed by atoms with Crippen LogP contribution >= 0.6 is 0 Å². The summed E-state index contributed by atoms with van der Waals surface area (Å²) in [4.78, 5) is 15.1. The second-order valence-corrected chi connectivity index (χ2v) is 3.44. The molecule has 0 amide bonds. The number of benzene rings is 1. The maximum Gasteiger partial charge on any atom is 0.363 e. The fourth-order valence-corrected chi connectivity index (χ4v) is 1.41. The van der Waals surface area contributed by atoms with Gasteiger partial charge in [0.1, 0.15) is 11.6 Å². The number of hydrogen-bond donors (Lipinski definition) is 0. The molecule has 0 aromatic heterocycles. The summed E-state index contributed by atoms with van der Waals surface area (Å²) in [5.74, 6) is -0.379. The smallest absolute Gasteiger partial charge is 0.363 e. The number of cyclic esters (lactones) is 1. The van der Waals surface area contributed by atoms with Gasteiger partial charge in [-0.15, -0.1) is 0 Å². The molecule has 1 aliphatic heterocycles. The summed E-state index contributed by atoms with van der Waals surface area (Å²) in [6, 6.07) is 4.35. The Hall–Kier alpha value is -2.17. The van der Waals surface area contributed by atoms with Crippen molar-refractivity contribution in [3.8, 4) is 5.75 Å². The first-order chi connectivity index (χ1) is 8.10. The average Bonchev–Trinajstić information content (AvgIpc) is 2.60. The molecule has 2 rings (SSSR count). The first kappa shape index (κ1) is 11.3. The third-order valence-corrected chi connectivity index (χ3v) is 2.23. The van der Waals surface area contributed by atoms with E-state index in [1.165, 1.54) is 25.3 Å². The summed E-state index contributed by atoms with van der Waals surface area (Å²) < 4.78 is 23.2. The zero-order chi connectivity index (χ0) is 12.4. The molecule has 0 saturated heterocycles.